The number of anilines is 2. The molecule has 1 heterocycles. The lowest BCUT2D eigenvalue weighted by molar-refractivity contribution is 0.626. The standard InChI is InChI=1S/C62H46N2/c1-5-20-43(21-6-1)61(55-32-16-17-33-56(55)62(44-22-7-2-8-23-44)54-31-15-13-28-50(54)52-30-19-34-57(61)60(52)62)45-36-38-48(39-37-45)63(46-24-9-3-10-25-46)49-40-41-59-53(42-49)51-29-14-18-35-58(51)64(59)47-26-11-4-12-27-47/h1-9,11,13-24,26,28-42H,10,12,25,27H2. The quantitative estimate of drug-likeness (QED) is 0.156. The minimum atomic E-state index is -0.594. The smallest absolute Gasteiger partial charge is 0.0720 e. The van der Waals surface area contributed by atoms with Crippen LogP contribution >= 0.6 is 0 Å². The lowest BCUT2D eigenvalue weighted by Gasteiger charge is -2.49. The normalized spacial score (nSPS) is 19.2. The summed E-state index contributed by atoms with van der Waals surface area (Å²) in [6.45, 7) is 0. The molecule has 2 heteroatoms. The summed E-state index contributed by atoms with van der Waals surface area (Å²) in [6.07, 6.45) is 17.7. The Labute approximate surface area is 375 Å². The molecule has 0 spiro atoms. The van der Waals surface area contributed by atoms with Gasteiger partial charge in [-0.25, -0.2) is 0 Å². The summed E-state index contributed by atoms with van der Waals surface area (Å²) in [7, 11) is 0. The minimum Gasteiger partial charge on any atom is -0.314 e. The molecule has 9 aromatic rings. The number of allylic oxidation sites excluding steroid dienone is 8. The van der Waals surface area contributed by atoms with Crippen molar-refractivity contribution in [1.82, 2.24) is 4.57 Å². The average Bonchev–Trinajstić information content (AvgIpc) is 3.87. The number of hydrogen-bond acceptors (Lipinski definition) is 1. The van der Waals surface area contributed by atoms with E-state index < -0.39 is 10.8 Å². The topological polar surface area (TPSA) is 8.17 Å². The molecule has 13 rings (SSSR count). The third-order valence-corrected chi connectivity index (χ3v) is 14.6. The maximum absolute atomic E-state index is 2.50. The molecule has 0 saturated carbocycles. The van der Waals surface area contributed by atoms with Gasteiger partial charge in [0.25, 0.3) is 0 Å². The maximum atomic E-state index is 2.50. The van der Waals surface area contributed by atoms with Crippen molar-refractivity contribution >= 4 is 38.9 Å². The molecule has 2 unspecified atom stereocenters. The summed E-state index contributed by atoms with van der Waals surface area (Å²) in [4.78, 5) is 2.50. The minimum absolute atomic E-state index is 0.470. The maximum Gasteiger partial charge on any atom is 0.0720 e. The molecule has 4 aliphatic carbocycles. The van der Waals surface area contributed by atoms with Gasteiger partial charge in [0.1, 0.15) is 0 Å². The number of nitrogens with zero attached hydrogens (tertiary/aromatic N) is 2. The highest BCUT2D eigenvalue weighted by Gasteiger charge is 2.57. The van der Waals surface area contributed by atoms with Gasteiger partial charge >= 0.3 is 0 Å². The summed E-state index contributed by atoms with van der Waals surface area (Å²) < 4.78 is 2.48. The molecule has 0 N–H and O–H groups in total. The molecule has 2 nitrogen and oxygen atoms in total. The first-order valence-corrected chi connectivity index (χ1v) is 22.9. The molecule has 8 aromatic carbocycles. The van der Waals surface area contributed by atoms with Gasteiger partial charge in [-0.2, -0.15) is 0 Å². The number of fused-ring (bicyclic) bond motifs is 8. The van der Waals surface area contributed by atoms with Crippen LogP contribution in [0.25, 0.3) is 38.6 Å². The largest absolute Gasteiger partial charge is 0.314 e. The van der Waals surface area contributed by atoms with Gasteiger partial charge < -0.3 is 9.47 Å². The molecule has 1 aromatic heterocycles. The molecule has 304 valence electrons. The van der Waals surface area contributed by atoms with E-state index in [1.165, 1.54) is 94.5 Å². The number of para-hydroxylation sites is 1. The van der Waals surface area contributed by atoms with Crippen molar-refractivity contribution in [2.75, 3.05) is 4.90 Å². The van der Waals surface area contributed by atoms with E-state index in [0.717, 1.165) is 31.4 Å². The first kappa shape index (κ1) is 36.9. The molecule has 4 aliphatic rings. The van der Waals surface area contributed by atoms with Gasteiger partial charge in [-0.05, 0) is 130 Å². The third kappa shape index (κ3) is 5.08. The van der Waals surface area contributed by atoms with Crippen molar-refractivity contribution in [1.29, 1.82) is 0 Å². The predicted molar refractivity (Wildman–Crippen MR) is 266 cm³/mol. The average molecular weight is 819 g/mol. The predicted octanol–water partition coefficient (Wildman–Crippen LogP) is 15.4. The van der Waals surface area contributed by atoms with E-state index in [1.807, 2.05) is 0 Å². The van der Waals surface area contributed by atoms with E-state index >= 15 is 0 Å². The Morgan fingerprint density at radius 2 is 0.984 bits per heavy atom. The second-order valence-corrected chi connectivity index (χ2v) is 17.7. The number of rotatable bonds is 7. The van der Waals surface area contributed by atoms with E-state index in [-0.39, 0.29) is 0 Å². The third-order valence-electron chi connectivity index (χ3n) is 14.6. The van der Waals surface area contributed by atoms with Crippen molar-refractivity contribution in [2.24, 2.45) is 0 Å². The Balaban J connectivity index is 1.04. The van der Waals surface area contributed by atoms with Crippen molar-refractivity contribution in [2.45, 2.75) is 36.5 Å². The molecular formula is C62H46N2. The molecule has 2 atom stereocenters. The van der Waals surface area contributed by atoms with Crippen LogP contribution in [0.3, 0.4) is 0 Å². The first-order valence-electron chi connectivity index (χ1n) is 22.9. The van der Waals surface area contributed by atoms with Gasteiger partial charge in [0.2, 0.25) is 0 Å². The highest BCUT2D eigenvalue weighted by atomic mass is 15.1. The Morgan fingerprint density at radius 1 is 0.406 bits per heavy atom. The first-order chi connectivity index (χ1) is 31.8. The van der Waals surface area contributed by atoms with E-state index in [1.54, 1.807) is 0 Å². The monoisotopic (exact) mass is 818 g/mol. The van der Waals surface area contributed by atoms with Crippen molar-refractivity contribution in [3.05, 3.63) is 281 Å². The van der Waals surface area contributed by atoms with Crippen LogP contribution in [0.2, 0.25) is 0 Å². The molecule has 0 bridgehead atoms. The van der Waals surface area contributed by atoms with Gasteiger partial charge in [0.15, 0.2) is 0 Å². The van der Waals surface area contributed by atoms with Crippen LogP contribution in [-0.4, -0.2) is 4.57 Å². The zero-order chi connectivity index (χ0) is 42.2. The van der Waals surface area contributed by atoms with Gasteiger partial charge in [0.05, 0.1) is 21.9 Å². The Hall–Kier alpha value is -7.68. The van der Waals surface area contributed by atoms with E-state index in [4.69, 9.17) is 0 Å². The fourth-order valence-corrected chi connectivity index (χ4v) is 12.2. The highest BCUT2D eigenvalue weighted by Crippen LogP contribution is 2.65. The molecule has 0 fully saturated rings. The Kier molecular flexibility index (Phi) is 8.33. The van der Waals surface area contributed by atoms with Crippen molar-refractivity contribution < 1.29 is 0 Å². The van der Waals surface area contributed by atoms with Crippen LogP contribution in [-0.2, 0) is 10.8 Å². The second-order valence-electron chi connectivity index (χ2n) is 17.7. The van der Waals surface area contributed by atoms with Crippen LogP contribution in [0.1, 0.15) is 70.2 Å². The van der Waals surface area contributed by atoms with Crippen molar-refractivity contribution in [3.8, 4) is 11.1 Å². The summed E-state index contributed by atoms with van der Waals surface area (Å²) in [5, 5.41) is 2.56. The SMILES string of the molecule is C1=CCCC(N(c2ccc(C3(c4ccccc4)c4ccccc4C4(c5ccccc5)c5ccccc5-c5cccc3c54)cc2)c2ccc3c(c2)c2ccccc2n3C2=CC=CCC2)=C1. The van der Waals surface area contributed by atoms with Crippen LogP contribution in [0.4, 0.5) is 11.4 Å². The Bertz CT molecular complexity index is 3440. The van der Waals surface area contributed by atoms with E-state index in [9.17, 15) is 0 Å². The fourth-order valence-electron chi connectivity index (χ4n) is 12.2. The van der Waals surface area contributed by atoms with Crippen LogP contribution in [0.15, 0.2) is 236 Å². The van der Waals surface area contributed by atoms with E-state index in [0.29, 0.717) is 0 Å². The molecule has 0 saturated heterocycles. The summed E-state index contributed by atoms with van der Waals surface area (Å²) in [6, 6.07) is 73.7. The van der Waals surface area contributed by atoms with Crippen LogP contribution < -0.4 is 4.90 Å². The molecular weight excluding hydrogens is 773 g/mol. The lowest BCUT2D eigenvalue weighted by Crippen LogP contribution is -2.44. The zero-order valence-corrected chi connectivity index (χ0v) is 35.7. The molecule has 0 radical (unpaired) electrons. The van der Waals surface area contributed by atoms with Crippen LogP contribution in [0, 0.1) is 0 Å². The second kappa shape index (κ2) is 14.4. The number of benzene rings is 8. The molecule has 0 aliphatic heterocycles. The Morgan fingerprint density at radius 3 is 1.72 bits per heavy atom. The van der Waals surface area contributed by atoms with Crippen molar-refractivity contribution in [3.63, 3.8) is 0 Å². The fraction of sp³-hybridized carbons (Fsp3) is 0.0968. The van der Waals surface area contributed by atoms with Gasteiger partial charge in [-0.3, -0.25) is 0 Å². The molecule has 64 heavy (non-hydrogen) atoms. The summed E-state index contributed by atoms with van der Waals surface area (Å²) in [5.74, 6) is 0. The summed E-state index contributed by atoms with van der Waals surface area (Å²) in [5.41, 5.74) is 19.6. The number of hydrogen-bond donors (Lipinski definition) is 0. The molecule has 0 amide bonds. The number of aromatic nitrogens is 1. The van der Waals surface area contributed by atoms with Gasteiger partial charge in [-0.1, -0.05) is 182 Å². The summed E-state index contributed by atoms with van der Waals surface area (Å²) >= 11 is 0. The van der Waals surface area contributed by atoms with Gasteiger partial charge in [0, 0.05) is 33.5 Å². The van der Waals surface area contributed by atoms with Gasteiger partial charge in [-0.15, -0.1) is 0 Å². The highest BCUT2D eigenvalue weighted by molar-refractivity contribution is 6.11. The van der Waals surface area contributed by atoms with Crippen LogP contribution in [0.5, 0.6) is 0 Å². The lowest BCUT2D eigenvalue weighted by atomic mass is 9.52. The van der Waals surface area contributed by atoms with E-state index in [2.05, 4.69) is 240 Å². The zero-order valence-electron chi connectivity index (χ0n) is 35.7.